The van der Waals surface area contributed by atoms with Gasteiger partial charge in [-0.05, 0) is 24.6 Å². The van der Waals surface area contributed by atoms with Crippen LogP contribution >= 0.6 is 24.0 Å². The van der Waals surface area contributed by atoms with Gasteiger partial charge in [0, 0.05) is 19.0 Å². The molecule has 0 aliphatic carbocycles. The number of hydrogen-bond donors (Lipinski definition) is 2. The first-order valence-electron chi connectivity index (χ1n) is 7.72. The van der Waals surface area contributed by atoms with E-state index in [1.807, 2.05) is 24.3 Å². The topological polar surface area (TPSA) is 49.6 Å². The third kappa shape index (κ3) is 4.74. The van der Waals surface area contributed by atoms with Crippen molar-refractivity contribution < 1.29 is 4.42 Å². The number of nitrogens with zero attached hydrogens (tertiary/aromatic N) is 1. The minimum absolute atomic E-state index is 0. The predicted molar refractivity (Wildman–Crippen MR) is 110 cm³/mol. The van der Waals surface area contributed by atoms with Crippen LogP contribution in [0.5, 0.6) is 0 Å². The molecule has 0 fully saturated rings. The highest BCUT2D eigenvalue weighted by Gasteiger charge is 2.04. The average molecular weight is 435 g/mol. The maximum atomic E-state index is 5.79. The fourth-order valence-corrected chi connectivity index (χ4v) is 2.41. The lowest BCUT2D eigenvalue weighted by Crippen LogP contribution is -2.36. The first-order chi connectivity index (χ1) is 11.2. The Morgan fingerprint density at radius 2 is 1.71 bits per heavy atom. The summed E-state index contributed by atoms with van der Waals surface area (Å²) in [4.78, 5) is 4.24. The molecule has 2 aromatic carbocycles. The Bertz CT molecular complexity index is 776. The van der Waals surface area contributed by atoms with Crippen LogP contribution in [0, 0.1) is 6.92 Å². The Morgan fingerprint density at radius 1 is 1.00 bits per heavy atom. The van der Waals surface area contributed by atoms with E-state index < -0.39 is 0 Å². The number of aryl methyl sites for hydroxylation is 1. The zero-order valence-corrected chi connectivity index (χ0v) is 16.2. The van der Waals surface area contributed by atoms with Crippen LogP contribution in [-0.2, 0) is 13.1 Å². The molecule has 0 bridgehead atoms. The lowest BCUT2D eigenvalue weighted by molar-refractivity contribution is 0.538. The molecule has 3 aromatic rings. The van der Waals surface area contributed by atoms with Gasteiger partial charge in [-0.3, -0.25) is 4.99 Å². The number of halogens is 1. The highest BCUT2D eigenvalue weighted by atomic mass is 127. The van der Waals surface area contributed by atoms with Gasteiger partial charge in [-0.1, -0.05) is 48.0 Å². The second-order valence-electron chi connectivity index (χ2n) is 5.52. The van der Waals surface area contributed by atoms with Gasteiger partial charge in [0.2, 0.25) is 0 Å². The molecule has 4 nitrogen and oxygen atoms in total. The molecule has 0 atom stereocenters. The van der Waals surface area contributed by atoms with Gasteiger partial charge in [0.25, 0.3) is 0 Å². The smallest absolute Gasteiger partial charge is 0.191 e. The summed E-state index contributed by atoms with van der Waals surface area (Å²) in [7, 11) is 1.77. The fourth-order valence-electron chi connectivity index (χ4n) is 2.41. The summed E-state index contributed by atoms with van der Waals surface area (Å²) in [5.74, 6) is 1.65. The summed E-state index contributed by atoms with van der Waals surface area (Å²) >= 11 is 0. The van der Waals surface area contributed by atoms with Crippen LogP contribution in [-0.4, -0.2) is 13.0 Å². The summed E-state index contributed by atoms with van der Waals surface area (Å²) in [6.45, 7) is 3.42. The maximum Gasteiger partial charge on any atom is 0.191 e. The number of furan rings is 1. The monoisotopic (exact) mass is 435 g/mol. The Morgan fingerprint density at radius 3 is 2.42 bits per heavy atom. The molecular weight excluding hydrogens is 413 g/mol. The number of para-hydroxylation sites is 1. The molecule has 0 saturated heterocycles. The van der Waals surface area contributed by atoms with Crippen molar-refractivity contribution >= 4 is 40.9 Å². The molecule has 1 heterocycles. The molecule has 2 N–H and O–H groups in total. The number of fused-ring (bicyclic) bond motifs is 1. The van der Waals surface area contributed by atoms with Crippen LogP contribution in [0.2, 0.25) is 0 Å². The highest BCUT2D eigenvalue weighted by molar-refractivity contribution is 14.0. The number of rotatable bonds is 4. The van der Waals surface area contributed by atoms with Crippen LogP contribution < -0.4 is 10.6 Å². The van der Waals surface area contributed by atoms with Crippen LogP contribution in [0.15, 0.2) is 64.0 Å². The zero-order chi connectivity index (χ0) is 16.1. The molecule has 0 aliphatic rings. The minimum Gasteiger partial charge on any atom is -0.459 e. The zero-order valence-electron chi connectivity index (χ0n) is 13.9. The van der Waals surface area contributed by atoms with Crippen LogP contribution in [0.25, 0.3) is 11.0 Å². The molecule has 24 heavy (non-hydrogen) atoms. The lowest BCUT2D eigenvalue weighted by Gasteiger charge is -2.11. The second kappa shape index (κ2) is 8.73. The van der Waals surface area contributed by atoms with Crippen molar-refractivity contribution in [2.75, 3.05) is 7.05 Å². The van der Waals surface area contributed by atoms with Gasteiger partial charge in [0.1, 0.15) is 11.3 Å². The average Bonchev–Trinajstić information content (AvgIpc) is 2.99. The SMILES string of the molecule is CN=C(NCc1ccc(C)cc1)NCc1cc2ccccc2o1.I. The van der Waals surface area contributed by atoms with E-state index >= 15 is 0 Å². The van der Waals surface area contributed by atoms with Gasteiger partial charge in [-0.15, -0.1) is 24.0 Å². The lowest BCUT2D eigenvalue weighted by atomic mass is 10.1. The Hall–Kier alpha value is -2.02. The third-order valence-corrected chi connectivity index (χ3v) is 3.71. The minimum atomic E-state index is 0. The van der Waals surface area contributed by atoms with E-state index in [9.17, 15) is 0 Å². The molecule has 0 saturated carbocycles. The molecule has 0 radical (unpaired) electrons. The van der Waals surface area contributed by atoms with Gasteiger partial charge in [-0.2, -0.15) is 0 Å². The molecule has 3 rings (SSSR count). The van der Waals surface area contributed by atoms with Crippen LogP contribution in [0.1, 0.15) is 16.9 Å². The summed E-state index contributed by atoms with van der Waals surface area (Å²) in [5.41, 5.74) is 3.40. The van der Waals surface area contributed by atoms with E-state index in [-0.39, 0.29) is 24.0 Å². The van der Waals surface area contributed by atoms with Crippen molar-refractivity contribution in [2.24, 2.45) is 4.99 Å². The highest BCUT2D eigenvalue weighted by Crippen LogP contribution is 2.18. The van der Waals surface area contributed by atoms with Gasteiger partial charge in [0.05, 0.1) is 6.54 Å². The molecule has 0 spiro atoms. The van der Waals surface area contributed by atoms with Crippen molar-refractivity contribution in [3.8, 4) is 0 Å². The summed E-state index contributed by atoms with van der Waals surface area (Å²) in [5, 5.41) is 7.70. The first-order valence-corrected chi connectivity index (χ1v) is 7.72. The molecule has 0 amide bonds. The Balaban J connectivity index is 0.00000208. The number of benzene rings is 2. The molecule has 5 heteroatoms. The van der Waals surface area contributed by atoms with Crippen molar-refractivity contribution in [1.29, 1.82) is 0 Å². The summed E-state index contributed by atoms with van der Waals surface area (Å²) in [6.07, 6.45) is 0. The van der Waals surface area contributed by atoms with Gasteiger partial charge in [0.15, 0.2) is 5.96 Å². The number of aliphatic imine (C=N–C) groups is 1. The van der Waals surface area contributed by atoms with Crippen molar-refractivity contribution in [3.05, 3.63) is 71.5 Å². The van der Waals surface area contributed by atoms with Gasteiger partial charge < -0.3 is 15.1 Å². The first kappa shape index (κ1) is 18.3. The van der Waals surface area contributed by atoms with E-state index in [1.54, 1.807) is 7.05 Å². The largest absolute Gasteiger partial charge is 0.459 e. The number of nitrogens with one attached hydrogen (secondary N) is 2. The molecule has 126 valence electrons. The van der Waals surface area contributed by atoms with Crippen LogP contribution in [0.4, 0.5) is 0 Å². The summed E-state index contributed by atoms with van der Waals surface area (Å²) in [6, 6.07) is 18.5. The summed E-state index contributed by atoms with van der Waals surface area (Å²) < 4.78 is 5.79. The molecule has 0 aliphatic heterocycles. The maximum absolute atomic E-state index is 5.79. The standard InChI is InChI=1S/C19H21N3O.HI/c1-14-7-9-15(10-8-14)12-21-19(20-2)22-13-17-11-16-5-3-4-6-18(16)23-17;/h3-11H,12-13H2,1-2H3,(H2,20,21,22);1H. The van der Waals surface area contributed by atoms with Gasteiger partial charge in [-0.25, -0.2) is 0 Å². The molecular formula is C19H22IN3O. The number of hydrogen-bond acceptors (Lipinski definition) is 2. The van der Waals surface area contributed by atoms with E-state index in [4.69, 9.17) is 4.42 Å². The van der Waals surface area contributed by atoms with Crippen molar-refractivity contribution in [1.82, 2.24) is 10.6 Å². The Labute approximate surface area is 159 Å². The molecule has 0 unspecified atom stereocenters. The number of guanidine groups is 1. The van der Waals surface area contributed by atoms with E-state index in [2.05, 4.69) is 52.9 Å². The van der Waals surface area contributed by atoms with Crippen molar-refractivity contribution in [3.63, 3.8) is 0 Å². The van der Waals surface area contributed by atoms with Crippen molar-refractivity contribution in [2.45, 2.75) is 20.0 Å². The quantitative estimate of drug-likeness (QED) is 0.367. The normalized spacial score (nSPS) is 11.2. The fraction of sp³-hybridized carbons (Fsp3) is 0.211. The van der Waals surface area contributed by atoms with E-state index in [0.29, 0.717) is 6.54 Å². The van der Waals surface area contributed by atoms with Gasteiger partial charge >= 0.3 is 0 Å². The van der Waals surface area contributed by atoms with Crippen LogP contribution in [0.3, 0.4) is 0 Å². The Kier molecular flexibility index (Phi) is 6.66. The van der Waals surface area contributed by atoms with E-state index in [0.717, 1.165) is 29.2 Å². The van der Waals surface area contributed by atoms with E-state index in [1.165, 1.54) is 11.1 Å². The molecule has 1 aromatic heterocycles. The predicted octanol–water partition coefficient (Wildman–Crippen LogP) is 4.22. The third-order valence-electron chi connectivity index (χ3n) is 3.71. The second-order valence-corrected chi connectivity index (χ2v) is 5.52.